The lowest BCUT2D eigenvalue weighted by Crippen LogP contribution is -2.41. The van der Waals surface area contributed by atoms with Gasteiger partial charge in [-0.3, -0.25) is 4.79 Å². The highest BCUT2D eigenvalue weighted by Crippen LogP contribution is 2.43. The summed E-state index contributed by atoms with van der Waals surface area (Å²) in [6.45, 7) is 1.78. The summed E-state index contributed by atoms with van der Waals surface area (Å²) in [5.74, 6) is -0.172. The molecule has 0 aromatic heterocycles. The van der Waals surface area contributed by atoms with Crippen molar-refractivity contribution in [3.63, 3.8) is 0 Å². The number of nitrogens with one attached hydrogen (secondary N) is 1. The van der Waals surface area contributed by atoms with E-state index in [1.807, 2.05) is 0 Å². The van der Waals surface area contributed by atoms with Crippen LogP contribution in [-0.2, 0) is 14.6 Å². The van der Waals surface area contributed by atoms with E-state index in [0.29, 0.717) is 29.0 Å². The van der Waals surface area contributed by atoms with Crippen molar-refractivity contribution in [1.29, 1.82) is 0 Å². The van der Waals surface area contributed by atoms with Crippen LogP contribution in [0, 0.1) is 12.3 Å². The van der Waals surface area contributed by atoms with Gasteiger partial charge in [-0.15, -0.1) is 0 Å². The summed E-state index contributed by atoms with van der Waals surface area (Å²) in [5.41, 5.74) is 0.413. The number of anilines is 1. The van der Waals surface area contributed by atoms with Gasteiger partial charge < -0.3 is 5.32 Å². The second kappa shape index (κ2) is 4.58. The standard InChI is InChI=1S/C15H19NO3S/c1-11-6-5-7-12-13(11)20(18,19)10-15(14(17)16-12)8-3-2-4-9-15/h5-7H,2-4,8-10H2,1H3,(H,16,17). The summed E-state index contributed by atoms with van der Waals surface area (Å²) in [7, 11) is -3.43. The molecule has 1 spiro atoms. The Kier molecular flexibility index (Phi) is 3.12. The van der Waals surface area contributed by atoms with Crippen LogP contribution >= 0.6 is 0 Å². The van der Waals surface area contributed by atoms with Crippen LogP contribution in [0.3, 0.4) is 0 Å². The van der Waals surface area contributed by atoms with Crippen LogP contribution in [0.15, 0.2) is 23.1 Å². The number of sulfone groups is 1. The van der Waals surface area contributed by atoms with Crippen molar-refractivity contribution >= 4 is 21.4 Å². The molecule has 1 N–H and O–H groups in total. The average molecular weight is 293 g/mol. The Bertz CT molecular complexity index is 658. The summed E-state index contributed by atoms with van der Waals surface area (Å²) in [4.78, 5) is 12.9. The van der Waals surface area contributed by atoms with Crippen molar-refractivity contribution in [3.8, 4) is 0 Å². The van der Waals surface area contributed by atoms with E-state index in [9.17, 15) is 13.2 Å². The zero-order valence-electron chi connectivity index (χ0n) is 11.6. The first-order valence-electron chi connectivity index (χ1n) is 7.08. The fourth-order valence-electron chi connectivity index (χ4n) is 3.52. The maximum atomic E-state index is 12.7. The van der Waals surface area contributed by atoms with E-state index in [1.165, 1.54) is 0 Å². The van der Waals surface area contributed by atoms with Gasteiger partial charge in [-0.1, -0.05) is 31.4 Å². The van der Waals surface area contributed by atoms with Gasteiger partial charge in [0.05, 0.1) is 21.8 Å². The second-order valence-corrected chi connectivity index (χ2v) is 7.93. The maximum absolute atomic E-state index is 12.7. The first-order chi connectivity index (χ1) is 9.45. The lowest BCUT2D eigenvalue weighted by molar-refractivity contribution is -0.126. The molecule has 1 aromatic rings. The largest absolute Gasteiger partial charge is 0.324 e. The molecular formula is C15H19NO3S. The zero-order valence-corrected chi connectivity index (χ0v) is 12.4. The van der Waals surface area contributed by atoms with Gasteiger partial charge in [-0.25, -0.2) is 8.42 Å². The zero-order chi connectivity index (χ0) is 14.4. The van der Waals surface area contributed by atoms with Crippen molar-refractivity contribution in [2.45, 2.75) is 43.9 Å². The number of fused-ring (bicyclic) bond motifs is 1. The van der Waals surface area contributed by atoms with E-state index in [0.717, 1.165) is 19.3 Å². The van der Waals surface area contributed by atoms with Gasteiger partial charge in [0.25, 0.3) is 0 Å². The highest BCUT2D eigenvalue weighted by atomic mass is 32.2. The number of aryl methyl sites for hydroxylation is 1. The third-order valence-electron chi connectivity index (χ3n) is 4.53. The molecule has 2 aliphatic rings. The van der Waals surface area contributed by atoms with Gasteiger partial charge in [-0.2, -0.15) is 0 Å². The third-order valence-corrected chi connectivity index (χ3v) is 6.63. The summed E-state index contributed by atoms with van der Waals surface area (Å²) in [5, 5.41) is 2.86. The molecule has 1 heterocycles. The van der Waals surface area contributed by atoms with Crippen molar-refractivity contribution in [2.75, 3.05) is 11.1 Å². The molecule has 0 radical (unpaired) electrons. The monoisotopic (exact) mass is 293 g/mol. The summed E-state index contributed by atoms with van der Waals surface area (Å²) >= 11 is 0. The number of carbonyl (C=O) groups is 1. The number of hydrogen-bond acceptors (Lipinski definition) is 3. The Labute approximate surface area is 119 Å². The van der Waals surface area contributed by atoms with Crippen molar-refractivity contribution in [2.24, 2.45) is 5.41 Å². The predicted octanol–water partition coefficient (Wildman–Crippen LogP) is 2.67. The fourth-order valence-corrected chi connectivity index (χ4v) is 5.82. The molecule has 0 unspecified atom stereocenters. The van der Waals surface area contributed by atoms with Gasteiger partial charge in [0.2, 0.25) is 5.91 Å². The lowest BCUT2D eigenvalue weighted by Gasteiger charge is -2.33. The number of amides is 1. The van der Waals surface area contributed by atoms with Crippen LogP contribution in [0.25, 0.3) is 0 Å². The van der Waals surface area contributed by atoms with Gasteiger partial charge in [0, 0.05) is 0 Å². The molecule has 5 heteroatoms. The van der Waals surface area contributed by atoms with Crippen LogP contribution in [0.4, 0.5) is 5.69 Å². The molecule has 0 saturated heterocycles. The average Bonchev–Trinajstić information content (AvgIpc) is 2.45. The molecule has 1 saturated carbocycles. The van der Waals surface area contributed by atoms with Crippen molar-refractivity contribution < 1.29 is 13.2 Å². The molecule has 4 nitrogen and oxygen atoms in total. The van der Waals surface area contributed by atoms with Gasteiger partial charge >= 0.3 is 0 Å². The topological polar surface area (TPSA) is 63.2 Å². The third kappa shape index (κ3) is 2.04. The normalized spacial score (nSPS) is 23.8. The predicted molar refractivity (Wildman–Crippen MR) is 77.4 cm³/mol. The first kappa shape index (κ1) is 13.6. The minimum absolute atomic E-state index is 0.0519. The van der Waals surface area contributed by atoms with Crippen molar-refractivity contribution in [3.05, 3.63) is 23.8 Å². The molecule has 108 valence electrons. The Morgan fingerprint density at radius 1 is 1.15 bits per heavy atom. The minimum atomic E-state index is -3.43. The van der Waals surface area contributed by atoms with E-state index in [4.69, 9.17) is 0 Å². The van der Waals surface area contributed by atoms with Gasteiger partial charge in [-0.05, 0) is 31.4 Å². The lowest BCUT2D eigenvalue weighted by atomic mass is 9.75. The molecule has 20 heavy (non-hydrogen) atoms. The molecular weight excluding hydrogens is 274 g/mol. The van der Waals surface area contributed by atoms with Crippen LogP contribution in [0.2, 0.25) is 0 Å². The minimum Gasteiger partial charge on any atom is -0.324 e. The van der Waals surface area contributed by atoms with E-state index in [-0.39, 0.29) is 11.7 Å². The smallest absolute Gasteiger partial charge is 0.231 e. The van der Waals surface area contributed by atoms with Crippen LogP contribution < -0.4 is 5.32 Å². The molecule has 1 aliphatic heterocycles. The Morgan fingerprint density at radius 3 is 2.55 bits per heavy atom. The molecule has 1 amide bonds. The molecule has 1 aliphatic carbocycles. The van der Waals surface area contributed by atoms with Crippen LogP contribution in [-0.4, -0.2) is 20.1 Å². The number of rotatable bonds is 0. The summed E-state index contributed by atoms with van der Waals surface area (Å²) < 4.78 is 25.5. The van der Waals surface area contributed by atoms with E-state index in [2.05, 4.69) is 5.32 Å². The molecule has 3 rings (SSSR count). The highest BCUT2D eigenvalue weighted by molar-refractivity contribution is 7.91. The van der Waals surface area contributed by atoms with E-state index in [1.54, 1.807) is 25.1 Å². The Balaban J connectivity index is 2.15. The Morgan fingerprint density at radius 2 is 1.85 bits per heavy atom. The van der Waals surface area contributed by atoms with Crippen LogP contribution in [0.1, 0.15) is 37.7 Å². The van der Waals surface area contributed by atoms with Crippen molar-refractivity contribution in [1.82, 2.24) is 0 Å². The number of carbonyl (C=O) groups excluding carboxylic acids is 1. The second-order valence-electron chi connectivity index (χ2n) is 6.01. The highest BCUT2D eigenvalue weighted by Gasteiger charge is 2.46. The molecule has 1 aromatic carbocycles. The summed E-state index contributed by atoms with van der Waals surface area (Å²) in [6, 6.07) is 5.24. The quantitative estimate of drug-likeness (QED) is 0.800. The Hall–Kier alpha value is -1.36. The number of hydrogen-bond donors (Lipinski definition) is 1. The van der Waals surface area contributed by atoms with Gasteiger partial charge in [0.15, 0.2) is 9.84 Å². The fraction of sp³-hybridized carbons (Fsp3) is 0.533. The number of benzene rings is 1. The first-order valence-corrected chi connectivity index (χ1v) is 8.74. The molecule has 1 fully saturated rings. The maximum Gasteiger partial charge on any atom is 0.231 e. The summed E-state index contributed by atoms with van der Waals surface area (Å²) in [6.07, 6.45) is 4.29. The molecule has 0 atom stereocenters. The SMILES string of the molecule is Cc1cccc2c1S(=O)(=O)CC1(CCCCC1)C(=O)N2. The van der Waals surface area contributed by atoms with E-state index < -0.39 is 15.3 Å². The van der Waals surface area contributed by atoms with E-state index >= 15 is 0 Å². The van der Waals surface area contributed by atoms with Crippen LogP contribution in [0.5, 0.6) is 0 Å². The molecule has 0 bridgehead atoms. The van der Waals surface area contributed by atoms with Gasteiger partial charge in [0.1, 0.15) is 0 Å².